The minimum atomic E-state index is -3.72. The van der Waals surface area contributed by atoms with Crippen LogP contribution in [0.15, 0.2) is 52.3 Å². The van der Waals surface area contributed by atoms with Gasteiger partial charge in [-0.05, 0) is 29.8 Å². The first-order valence-electron chi connectivity index (χ1n) is 9.74. The molecule has 1 aromatic carbocycles. The number of hydrogen-bond acceptors (Lipinski definition) is 6. The Labute approximate surface area is 180 Å². The van der Waals surface area contributed by atoms with Crippen molar-refractivity contribution < 1.29 is 17.9 Å². The van der Waals surface area contributed by atoms with Gasteiger partial charge in [0.05, 0.1) is 17.6 Å². The molecule has 0 aliphatic carbocycles. The molecule has 0 aliphatic rings. The van der Waals surface area contributed by atoms with Crippen molar-refractivity contribution in [3.05, 3.63) is 64.1 Å². The van der Waals surface area contributed by atoms with Crippen LogP contribution in [0.5, 0.6) is 5.88 Å². The number of H-pyrrole nitrogens is 1. The first kappa shape index (κ1) is 22.4. The first-order chi connectivity index (χ1) is 14.8. The highest BCUT2D eigenvalue weighted by Gasteiger charge is 2.23. The predicted molar refractivity (Wildman–Crippen MR) is 117 cm³/mol. The van der Waals surface area contributed by atoms with Gasteiger partial charge < -0.3 is 15.0 Å². The number of nitrogens with zero attached hydrogens (tertiary/aromatic N) is 2. The Morgan fingerprint density at radius 2 is 1.90 bits per heavy atom. The largest absolute Gasteiger partial charge is 0.481 e. The van der Waals surface area contributed by atoms with Crippen molar-refractivity contribution in [3.63, 3.8) is 0 Å². The van der Waals surface area contributed by atoms with E-state index in [-0.39, 0.29) is 17.0 Å². The van der Waals surface area contributed by atoms with E-state index in [0.29, 0.717) is 29.9 Å². The van der Waals surface area contributed by atoms with Crippen molar-refractivity contribution in [2.24, 2.45) is 0 Å². The highest BCUT2D eigenvalue weighted by atomic mass is 32.2. The maximum absolute atomic E-state index is 12.9. The summed E-state index contributed by atoms with van der Waals surface area (Å²) in [6.07, 6.45) is 1.56. The smallest absolute Gasteiger partial charge is 0.252 e. The van der Waals surface area contributed by atoms with E-state index in [4.69, 9.17) is 4.74 Å². The number of ether oxygens (including phenoxy) is 1. The summed E-state index contributed by atoms with van der Waals surface area (Å²) in [5, 5.41) is 3.10. The molecule has 10 heteroatoms. The van der Waals surface area contributed by atoms with Crippen LogP contribution in [0.25, 0.3) is 10.9 Å². The van der Waals surface area contributed by atoms with Crippen LogP contribution in [0, 0.1) is 0 Å². The Morgan fingerprint density at radius 3 is 2.58 bits per heavy atom. The Hall–Kier alpha value is -3.24. The van der Waals surface area contributed by atoms with Gasteiger partial charge in [-0.1, -0.05) is 13.8 Å². The van der Waals surface area contributed by atoms with E-state index in [1.54, 1.807) is 32.2 Å². The van der Waals surface area contributed by atoms with E-state index in [1.165, 1.54) is 35.7 Å². The zero-order valence-corrected chi connectivity index (χ0v) is 18.3. The van der Waals surface area contributed by atoms with Gasteiger partial charge in [-0.3, -0.25) is 9.59 Å². The number of methoxy groups -OCH3 is 1. The quantitative estimate of drug-likeness (QED) is 0.547. The number of aromatic nitrogens is 2. The molecule has 3 rings (SSSR count). The van der Waals surface area contributed by atoms with Crippen LogP contribution in [0.4, 0.5) is 0 Å². The number of sulfonamides is 1. The molecule has 0 atom stereocenters. The molecular formula is C21H24N4O5S. The molecule has 0 aliphatic heterocycles. The molecule has 2 N–H and O–H groups in total. The zero-order valence-electron chi connectivity index (χ0n) is 17.5. The third-order valence-electron chi connectivity index (χ3n) is 4.86. The number of carbonyl (C=O) groups excluding carboxylic acids is 1. The Bertz CT molecular complexity index is 1270. The fourth-order valence-corrected chi connectivity index (χ4v) is 4.73. The molecule has 1 amide bonds. The first-order valence-corrected chi connectivity index (χ1v) is 11.2. The van der Waals surface area contributed by atoms with Crippen LogP contribution in [-0.2, 0) is 16.6 Å². The molecule has 9 nitrogen and oxygen atoms in total. The molecule has 2 aromatic heterocycles. The predicted octanol–water partition coefficient (Wildman–Crippen LogP) is 1.89. The van der Waals surface area contributed by atoms with Crippen LogP contribution < -0.4 is 15.6 Å². The van der Waals surface area contributed by atoms with Gasteiger partial charge in [0.2, 0.25) is 21.5 Å². The monoisotopic (exact) mass is 444 g/mol. The zero-order chi connectivity index (χ0) is 22.6. The number of aromatic amines is 1. The van der Waals surface area contributed by atoms with Gasteiger partial charge >= 0.3 is 0 Å². The van der Waals surface area contributed by atoms with Crippen LogP contribution in [0.3, 0.4) is 0 Å². The lowest BCUT2D eigenvalue weighted by atomic mass is 10.1. The van der Waals surface area contributed by atoms with Crippen molar-refractivity contribution in [2.75, 3.05) is 20.2 Å². The summed E-state index contributed by atoms with van der Waals surface area (Å²) in [6, 6.07) is 8.93. The molecule has 0 unspecified atom stereocenters. The number of rotatable bonds is 8. The SMILES string of the molecule is CCN(CC)S(=O)(=O)c1ccc2[nH]c(=O)cc(C(=O)NCc3ccnc(OC)c3)c2c1. The molecule has 0 radical (unpaired) electrons. The summed E-state index contributed by atoms with van der Waals surface area (Å²) in [6.45, 7) is 4.35. The van der Waals surface area contributed by atoms with Crippen molar-refractivity contribution >= 4 is 26.8 Å². The lowest BCUT2D eigenvalue weighted by molar-refractivity contribution is 0.0952. The normalized spacial score (nSPS) is 11.6. The third-order valence-corrected chi connectivity index (χ3v) is 6.91. The number of carbonyl (C=O) groups is 1. The maximum atomic E-state index is 12.9. The summed E-state index contributed by atoms with van der Waals surface area (Å²) >= 11 is 0. The highest BCUT2D eigenvalue weighted by Crippen LogP contribution is 2.23. The fraction of sp³-hybridized carbons (Fsp3) is 0.286. The van der Waals surface area contributed by atoms with E-state index >= 15 is 0 Å². The van der Waals surface area contributed by atoms with E-state index in [2.05, 4.69) is 15.3 Å². The van der Waals surface area contributed by atoms with Crippen molar-refractivity contribution in [1.82, 2.24) is 19.6 Å². The average molecular weight is 445 g/mol. The topological polar surface area (TPSA) is 121 Å². The molecule has 0 bridgehead atoms. The Morgan fingerprint density at radius 1 is 1.16 bits per heavy atom. The minimum Gasteiger partial charge on any atom is -0.481 e. The van der Waals surface area contributed by atoms with Gasteiger partial charge in [0.15, 0.2) is 0 Å². The number of amides is 1. The molecule has 0 saturated carbocycles. The van der Waals surface area contributed by atoms with Gasteiger partial charge in [0.1, 0.15) is 0 Å². The summed E-state index contributed by atoms with van der Waals surface area (Å²) in [5.74, 6) is -0.0797. The Balaban J connectivity index is 1.98. The van der Waals surface area contributed by atoms with E-state index < -0.39 is 21.5 Å². The third kappa shape index (κ3) is 4.75. The molecule has 31 heavy (non-hydrogen) atoms. The molecule has 3 aromatic rings. The van der Waals surface area contributed by atoms with Crippen molar-refractivity contribution in [3.8, 4) is 5.88 Å². The second-order valence-corrected chi connectivity index (χ2v) is 8.67. The van der Waals surface area contributed by atoms with E-state index in [1.807, 2.05) is 0 Å². The van der Waals surface area contributed by atoms with E-state index in [0.717, 1.165) is 5.56 Å². The minimum absolute atomic E-state index is 0.0590. The number of benzene rings is 1. The molecule has 0 spiro atoms. The van der Waals surface area contributed by atoms with Crippen LogP contribution >= 0.6 is 0 Å². The van der Waals surface area contributed by atoms with Gasteiger partial charge in [0.25, 0.3) is 5.91 Å². The molecule has 0 saturated heterocycles. The van der Waals surface area contributed by atoms with E-state index in [9.17, 15) is 18.0 Å². The van der Waals surface area contributed by atoms with Gasteiger partial charge in [-0.2, -0.15) is 4.31 Å². The van der Waals surface area contributed by atoms with Crippen LogP contribution in [0.2, 0.25) is 0 Å². The second-order valence-electron chi connectivity index (χ2n) is 6.73. The number of hydrogen-bond donors (Lipinski definition) is 2. The fourth-order valence-electron chi connectivity index (χ4n) is 3.24. The number of fused-ring (bicyclic) bond motifs is 1. The van der Waals surface area contributed by atoms with Crippen LogP contribution in [-0.4, -0.2) is 48.8 Å². The Kier molecular flexibility index (Phi) is 6.71. The molecule has 2 heterocycles. The average Bonchev–Trinajstić information content (AvgIpc) is 2.77. The molecule has 164 valence electrons. The van der Waals surface area contributed by atoms with Gasteiger partial charge in [-0.15, -0.1) is 0 Å². The second kappa shape index (κ2) is 9.27. The highest BCUT2D eigenvalue weighted by molar-refractivity contribution is 7.89. The maximum Gasteiger partial charge on any atom is 0.252 e. The summed E-state index contributed by atoms with van der Waals surface area (Å²) in [5.41, 5.74) is 0.778. The van der Waals surface area contributed by atoms with Gasteiger partial charge in [0, 0.05) is 48.9 Å². The summed E-state index contributed by atoms with van der Waals surface area (Å²) in [4.78, 5) is 31.7. The number of pyridine rings is 2. The van der Waals surface area contributed by atoms with Crippen LogP contribution in [0.1, 0.15) is 29.8 Å². The van der Waals surface area contributed by atoms with Gasteiger partial charge in [-0.25, -0.2) is 13.4 Å². The molecule has 0 fully saturated rings. The van der Waals surface area contributed by atoms with Crippen molar-refractivity contribution in [1.29, 1.82) is 0 Å². The lowest BCUT2D eigenvalue weighted by Crippen LogP contribution is -2.30. The summed E-state index contributed by atoms with van der Waals surface area (Å²) < 4.78 is 32.2. The standard InChI is InChI=1S/C21H24N4O5S/c1-4-25(5-2)31(28,29)15-6-7-18-16(11-15)17(12-19(26)24-18)21(27)23-13-14-8-9-22-20(10-14)30-3/h6-12H,4-5,13H2,1-3H3,(H,23,27)(H,24,26). The summed E-state index contributed by atoms with van der Waals surface area (Å²) in [7, 11) is -2.22. The lowest BCUT2D eigenvalue weighted by Gasteiger charge is -2.19. The number of nitrogens with one attached hydrogen (secondary N) is 2. The van der Waals surface area contributed by atoms with Crippen molar-refractivity contribution in [2.45, 2.75) is 25.3 Å². The molecular weight excluding hydrogens is 420 g/mol.